The molecule has 1 N–H and O–H groups in total. The first-order chi connectivity index (χ1) is 9.24. The van der Waals surface area contributed by atoms with E-state index in [1.165, 1.54) is 5.56 Å². The van der Waals surface area contributed by atoms with Gasteiger partial charge < -0.3 is 14.8 Å². The number of thiazole rings is 1. The van der Waals surface area contributed by atoms with Gasteiger partial charge in [0.25, 0.3) is 0 Å². The number of nitrogens with zero attached hydrogens (tertiary/aromatic N) is 1. The number of benzene rings is 1. The molecule has 0 fully saturated rings. The van der Waals surface area contributed by atoms with Crippen LogP contribution in [0, 0.1) is 0 Å². The molecule has 1 aromatic carbocycles. The predicted molar refractivity (Wildman–Crippen MR) is 74.6 cm³/mol. The Morgan fingerprint density at radius 2 is 2.05 bits per heavy atom. The van der Waals surface area contributed by atoms with Crippen molar-refractivity contribution in [3.63, 3.8) is 0 Å². The van der Waals surface area contributed by atoms with Crippen LogP contribution < -0.4 is 14.8 Å². The van der Waals surface area contributed by atoms with E-state index in [0.717, 1.165) is 17.2 Å². The van der Waals surface area contributed by atoms with E-state index in [9.17, 15) is 0 Å². The van der Waals surface area contributed by atoms with E-state index in [2.05, 4.69) is 35.6 Å². The lowest BCUT2D eigenvalue weighted by molar-refractivity contribution is 0.174. The quantitative estimate of drug-likeness (QED) is 0.930. The van der Waals surface area contributed by atoms with E-state index >= 15 is 0 Å². The Bertz CT molecular complexity index is 557. The predicted octanol–water partition coefficient (Wildman–Crippen LogP) is 3.28. The summed E-state index contributed by atoms with van der Waals surface area (Å²) >= 11 is 1.62. The third-order valence-electron chi connectivity index (χ3n) is 3.29. The highest BCUT2D eigenvalue weighted by Crippen LogP contribution is 2.34. The summed E-state index contributed by atoms with van der Waals surface area (Å²) < 4.78 is 10.7. The molecule has 2 heterocycles. The van der Waals surface area contributed by atoms with Gasteiger partial charge in [0.15, 0.2) is 11.5 Å². The van der Waals surface area contributed by atoms with E-state index in [1.54, 1.807) is 11.3 Å². The average Bonchev–Trinajstić information content (AvgIpc) is 3.09. The Hall–Kier alpha value is -1.59. The molecule has 0 saturated carbocycles. The van der Waals surface area contributed by atoms with Gasteiger partial charge in [0.1, 0.15) is 0 Å². The lowest BCUT2D eigenvalue weighted by atomic mass is 10.1. The summed E-state index contributed by atoms with van der Waals surface area (Å²) in [4.78, 5) is 4.33. The highest BCUT2D eigenvalue weighted by molar-refractivity contribution is 7.07. The summed E-state index contributed by atoms with van der Waals surface area (Å²) in [6, 6.07) is 6.52. The van der Waals surface area contributed by atoms with Crippen molar-refractivity contribution in [1.29, 1.82) is 0 Å². The zero-order valence-corrected chi connectivity index (χ0v) is 11.7. The topological polar surface area (TPSA) is 43.4 Å². The highest BCUT2D eigenvalue weighted by Gasteiger charge is 2.17. The summed E-state index contributed by atoms with van der Waals surface area (Å²) in [5.74, 6) is 1.65. The van der Waals surface area contributed by atoms with Gasteiger partial charge in [0.2, 0.25) is 6.79 Å². The van der Waals surface area contributed by atoms with E-state index in [0.29, 0.717) is 6.79 Å². The fraction of sp³-hybridized carbons (Fsp3) is 0.357. The van der Waals surface area contributed by atoms with Gasteiger partial charge in [-0.1, -0.05) is 6.07 Å². The van der Waals surface area contributed by atoms with Crippen LogP contribution >= 0.6 is 11.3 Å². The minimum atomic E-state index is 0.228. The Morgan fingerprint density at radius 3 is 2.84 bits per heavy atom. The van der Waals surface area contributed by atoms with Gasteiger partial charge in [-0.15, -0.1) is 11.3 Å². The molecule has 0 aliphatic carbocycles. The molecule has 1 aliphatic heterocycles. The zero-order valence-electron chi connectivity index (χ0n) is 10.9. The second kappa shape index (κ2) is 5.19. The lowest BCUT2D eigenvalue weighted by Gasteiger charge is -2.19. The summed E-state index contributed by atoms with van der Waals surface area (Å²) in [6.45, 7) is 4.58. The maximum Gasteiger partial charge on any atom is 0.231 e. The Kier molecular flexibility index (Phi) is 3.40. The molecule has 3 rings (SSSR count). The van der Waals surface area contributed by atoms with Gasteiger partial charge in [-0.25, -0.2) is 4.98 Å². The van der Waals surface area contributed by atoms with Crippen LogP contribution in [-0.2, 0) is 0 Å². The first-order valence-corrected chi connectivity index (χ1v) is 7.22. The van der Waals surface area contributed by atoms with Crippen LogP contribution in [0.5, 0.6) is 11.5 Å². The Labute approximate surface area is 116 Å². The molecule has 19 heavy (non-hydrogen) atoms. The molecule has 2 unspecified atom stereocenters. The molecule has 0 saturated heterocycles. The molecule has 5 heteroatoms. The molecule has 100 valence electrons. The summed E-state index contributed by atoms with van der Waals surface area (Å²) in [5, 5.41) is 5.61. The van der Waals surface area contributed by atoms with Crippen molar-refractivity contribution in [2.75, 3.05) is 6.79 Å². The second-order valence-electron chi connectivity index (χ2n) is 4.64. The molecule has 0 bridgehead atoms. The molecule has 1 aromatic heterocycles. The largest absolute Gasteiger partial charge is 0.454 e. The average molecular weight is 276 g/mol. The maximum absolute atomic E-state index is 5.41. The van der Waals surface area contributed by atoms with E-state index < -0.39 is 0 Å². The lowest BCUT2D eigenvalue weighted by Crippen LogP contribution is -2.22. The Balaban J connectivity index is 1.72. The summed E-state index contributed by atoms with van der Waals surface area (Å²) in [5.41, 5.74) is 4.13. The van der Waals surface area contributed by atoms with Gasteiger partial charge in [0.05, 0.1) is 11.2 Å². The van der Waals surface area contributed by atoms with Gasteiger partial charge in [0, 0.05) is 17.5 Å². The SMILES string of the molecule is CC(NC(C)c1cscn1)c1ccc2c(c1)OCO2. The molecule has 2 aromatic rings. The number of nitrogens with one attached hydrogen (secondary N) is 1. The monoisotopic (exact) mass is 276 g/mol. The number of hydrogen-bond donors (Lipinski definition) is 1. The Morgan fingerprint density at radius 1 is 1.21 bits per heavy atom. The molecule has 2 atom stereocenters. The minimum Gasteiger partial charge on any atom is -0.454 e. The molecule has 4 nitrogen and oxygen atoms in total. The van der Waals surface area contributed by atoms with Crippen molar-refractivity contribution in [2.45, 2.75) is 25.9 Å². The van der Waals surface area contributed by atoms with Gasteiger partial charge in [-0.05, 0) is 31.5 Å². The van der Waals surface area contributed by atoms with Gasteiger partial charge in [-0.2, -0.15) is 0 Å². The standard InChI is InChI=1S/C14H16N2O2S/c1-9(16-10(2)12-6-19-7-15-12)11-3-4-13-14(5-11)18-8-17-13/h3-7,9-10,16H,8H2,1-2H3. The number of hydrogen-bond acceptors (Lipinski definition) is 5. The van der Waals surface area contributed by atoms with Crippen LogP contribution in [0.3, 0.4) is 0 Å². The molecule has 0 spiro atoms. The van der Waals surface area contributed by atoms with Crippen LogP contribution in [0.1, 0.15) is 37.2 Å². The molecular weight excluding hydrogens is 260 g/mol. The van der Waals surface area contributed by atoms with Crippen molar-refractivity contribution >= 4 is 11.3 Å². The fourth-order valence-corrected chi connectivity index (χ4v) is 2.82. The highest BCUT2D eigenvalue weighted by atomic mass is 32.1. The van der Waals surface area contributed by atoms with Crippen LogP contribution in [0.25, 0.3) is 0 Å². The summed E-state index contributed by atoms with van der Waals surface area (Å²) in [7, 11) is 0. The molecule has 1 aliphatic rings. The van der Waals surface area contributed by atoms with Crippen LogP contribution in [0.4, 0.5) is 0 Å². The van der Waals surface area contributed by atoms with Crippen LogP contribution in [0.2, 0.25) is 0 Å². The van der Waals surface area contributed by atoms with Crippen molar-refractivity contribution in [2.24, 2.45) is 0 Å². The number of ether oxygens (including phenoxy) is 2. The van der Waals surface area contributed by atoms with E-state index in [-0.39, 0.29) is 12.1 Å². The first-order valence-electron chi connectivity index (χ1n) is 6.27. The number of rotatable bonds is 4. The first kappa shape index (κ1) is 12.4. The second-order valence-corrected chi connectivity index (χ2v) is 5.35. The molecule has 0 amide bonds. The normalized spacial score (nSPS) is 16.3. The van der Waals surface area contributed by atoms with Gasteiger partial charge in [-0.3, -0.25) is 0 Å². The van der Waals surface area contributed by atoms with Crippen LogP contribution in [-0.4, -0.2) is 11.8 Å². The third-order valence-corrected chi connectivity index (χ3v) is 3.90. The van der Waals surface area contributed by atoms with Crippen molar-refractivity contribution in [3.05, 3.63) is 40.3 Å². The van der Waals surface area contributed by atoms with E-state index in [4.69, 9.17) is 9.47 Å². The number of aromatic nitrogens is 1. The van der Waals surface area contributed by atoms with Crippen LogP contribution in [0.15, 0.2) is 29.1 Å². The van der Waals surface area contributed by atoms with Crippen molar-refractivity contribution < 1.29 is 9.47 Å². The zero-order chi connectivity index (χ0) is 13.2. The smallest absolute Gasteiger partial charge is 0.231 e. The van der Waals surface area contributed by atoms with Crippen molar-refractivity contribution in [3.8, 4) is 11.5 Å². The molecule has 0 radical (unpaired) electrons. The van der Waals surface area contributed by atoms with Crippen molar-refractivity contribution in [1.82, 2.24) is 10.3 Å². The third kappa shape index (κ3) is 2.57. The number of fused-ring (bicyclic) bond motifs is 1. The minimum absolute atomic E-state index is 0.228. The molecular formula is C14H16N2O2S. The summed E-state index contributed by atoms with van der Waals surface area (Å²) in [6.07, 6.45) is 0. The van der Waals surface area contributed by atoms with E-state index in [1.807, 2.05) is 17.6 Å². The van der Waals surface area contributed by atoms with Gasteiger partial charge >= 0.3 is 0 Å². The fourth-order valence-electron chi connectivity index (χ4n) is 2.17. The maximum atomic E-state index is 5.41.